The lowest BCUT2D eigenvalue weighted by molar-refractivity contribution is -0.152. The Morgan fingerprint density at radius 3 is 2.50 bits per heavy atom. The van der Waals surface area contributed by atoms with Gasteiger partial charge in [0.2, 0.25) is 0 Å². The van der Waals surface area contributed by atoms with Gasteiger partial charge in [-0.05, 0) is 31.9 Å². The van der Waals surface area contributed by atoms with Gasteiger partial charge < -0.3 is 9.47 Å². The topological polar surface area (TPSA) is 52.6 Å². The number of benzene rings is 1. The lowest BCUT2D eigenvalue weighted by atomic mass is 9.93. The van der Waals surface area contributed by atoms with Crippen LogP contribution in [0.15, 0.2) is 24.3 Å². The van der Waals surface area contributed by atoms with Crippen LogP contribution in [0, 0.1) is 5.92 Å². The van der Waals surface area contributed by atoms with Gasteiger partial charge in [0.25, 0.3) is 0 Å². The fraction of sp³-hybridized carbons (Fsp3) is 0.467. The smallest absolute Gasteiger partial charge is 0.317 e. The van der Waals surface area contributed by atoms with Gasteiger partial charge in [-0.15, -0.1) is 0 Å². The average molecular weight is 297 g/mol. The highest BCUT2D eigenvalue weighted by Gasteiger charge is 2.67. The Balaban J connectivity index is 2.36. The quantitative estimate of drug-likeness (QED) is 0.784. The summed E-state index contributed by atoms with van der Waals surface area (Å²) >= 11 is 6.18. The molecule has 0 aromatic heterocycles. The fourth-order valence-electron chi connectivity index (χ4n) is 2.51. The highest BCUT2D eigenvalue weighted by Crippen LogP contribution is 2.57. The number of halogens is 1. The molecule has 1 aromatic carbocycles. The van der Waals surface area contributed by atoms with Crippen molar-refractivity contribution in [3.8, 4) is 0 Å². The van der Waals surface area contributed by atoms with Crippen molar-refractivity contribution in [3.05, 3.63) is 34.9 Å². The second-order valence-corrected chi connectivity index (χ2v) is 5.09. The molecule has 2 unspecified atom stereocenters. The summed E-state index contributed by atoms with van der Waals surface area (Å²) in [7, 11) is 0. The lowest BCUT2D eigenvalue weighted by Gasteiger charge is -2.17. The summed E-state index contributed by atoms with van der Waals surface area (Å²) in [4.78, 5) is 24.3. The van der Waals surface area contributed by atoms with E-state index in [1.54, 1.807) is 38.1 Å². The standard InChI is InChI=1S/C15H17ClO4/c1-3-19-13(17)11-9-15(11,14(18)20-4-2)10-7-5-6-8-12(10)16/h5-8,11H,3-4,9H2,1-2H3. The first-order chi connectivity index (χ1) is 9.57. The Labute approximate surface area is 123 Å². The normalized spacial score (nSPS) is 24.1. The van der Waals surface area contributed by atoms with E-state index in [9.17, 15) is 9.59 Å². The molecule has 0 heterocycles. The molecule has 0 bridgehead atoms. The Bertz CT molecular complexity index is 528. The third-order valence-corrected chi connectivity index (χ3v) is 3.86. The minimum atomic E-state index is -0.986. The largest absolute Gasteiger partial charge is 0.466 e. The van der Waals surface area contributed by atoms with E-state index in [1.807, 2.05) is 0 Å². The van der Waals surface area contributed by atoms with Crippen molar-refractivity contribution in [2.45, 2.75) is 25.7 Å². The van der Waals surface area contributed by atoms with Crippen molar-refractivity contribution in [2.24, 2.45) is 5.92 Å². The third-order valence-electron chi connectivity index (χ3n) is 3.53. The Morgan fingerprint density at radius 2 is 1.90 bits per heavy atom. The van der Waals surface area contributed by atoms with Gasteiger partial charge in [0.1, 0.15) is 5.41 Å². The van der Waals surface area contributed by atoms with Crippen LogP contribution >= 0.6 is 11.6 Å². The van der Waals surface area contributed by atoms with Crippen molar-refractivity contribution in [3.63, 3.8) is 0 Å². The molecular weight excluding hydrogens is 280 g/mol. The molecule has 20 heavy (non-hydrogen) atoms. The maximum Gasteiger partial charge on any atom is 0.317 e. The molecule has 2 atom stereocenters. The van der Waals surface area contributed by atoms with Crippen LogP contribution in [0.4, 0.5) is 0 Å². The first kappa shape index (κ1) is 14.9. The van der Waals surface area contributed by atoms with E-state index in [1.165, 1.54) is 0 Å². The van der Waals surface area contributed by atoms with Crippen molar-refractivity contribution in [2.75, 3.05) is 13.2 Å². The molecule has 2 rings (SSSR count). The fourth-order valence-corrected chi connectivity index (χ4v) is 2.81. The zero-order valence-corrected chi connectivity index (χ0v) is 12.3. The van der Waals surface area contributed by atoms with Crippen molar-refractivity contribution >= 4 is 23.5 Å². The van der Waals surface area contributed by atoms with Gasteiger partial charge in [0.05, 0.1) is 19.1 Å². The molecule has 0 aliphatic heterocycles. The number of carbonyl (C=O) groups excluding carboxylic acids is 2. The van der Waals surface area contributed by atoms with Crippen LogP contribution in [-0.2, 0) is 24.5 Å². The van der Waals surface area contributed by atoms with Crippen LogP contribution in [0.5, 0.6) is 0 Å². The van der Waals surface area contributed by atoms with E-state index in [-0.39, 0.29) is 19.2 Å². The summed E-state index contributed by atoms with van der Waals surface area (Å²) in [5.41, 5.74) is -0.348. The predicted octanol–water partition coefficient (Wildman–Crippen LogP) is 2.72. The van der Waals surface area contributed by atoms with Gasteiger partial charge in [-0.1, -0.05) is 29.8 Å². The number of ether oxygens (including phenoxy) is 2. The van der Waals surface area contributed by atoms with E-state index in [0.717, 1.165) is 0 Å². The second kappa shape index (κ2) is 5.83. The van der Waals surface area contributed by atoms with Crippen LogP contribution in [-0.4, -0.2) is 25.2 Å². The maximum atomic E-state index is 12.3. The van der Waals surface area contributed by atoms with Gasteiger partial charge in [-0.2, -0.15) is 0 Å². The summed E-state index contributed by atoms with van der Waals surface area (Å²) < 4.78 is 10.2. The predicted molar refractivity (Wildman–Crippen MR) is 74.5 cm³/mol. The molecule has 1 aromatic rings. The number of hydrogen-bond donors (Lipinski definition) is 0. The average Bonchev–Trinajstić information content (AvgIpc) is 3.16. The summed E-state index contributed by atoms with van der Waals surface area (Å²) in [6.07, 6.45) is 0.383. The lowest BCUT2D eigenvalue weighted by Crippen LogP contribution is -2.29. The van der Waals surface area contributed by atoms with Gasteiger partial charge in [-0.25, -0.2) is 0 Å². The zero-order valence-electron chi connectivity index (χ0n) is 11.5. The van der Waals surface area contributed by atoms with Crippen LogP contribution < -0.4 is 0 Å². The number of hydrogen-bond acceptors (Lipinski definition) is 4. The summed E-state index contributed by atoms with van der Waals surface area (Å²) in [6.45, 7) is 4.03. The Morgan fingerprint density at radius 1 is 1.25 bits per heavy atom. The maximum absolute atomic E-state index is 12.3. The summed E-state index contributed by atoms with van der Waals surface area (Å²) in [5, 5.41) is 0.465. The van der Waals surface area contributed by atoms with Gasteiger partial charge >= 0.3 is 11.9 Å². The van der Waals surface area contributed by atoms with E-state index >= 15 is 0 Å². The number of rotatable bonds is 5. The summed E-state index contributed by atoms with van der Waals surface area (Å²) in [5.74, 6) is -1.30. The Hall–Kier alpha value is -1.55. The molecule has 108 valence electrons. The number of carbonyl (C=O) groups is 2. The molecule has 4 nitrogen and oxygen atoms in total. The van der Waals surface area contributed by atoms with E-state index in [2.05, 4.69) is 0 Å². The molecule has 0 saturated heterocycles. The molecule has 0 amide bonds. The van der Waals surface area contributed by atoms with Gasteiger partial charge in [0.15, 0.2) is 0 Å². The molecule has 0 radical (unpaired) electrons. The summed E-state index contributed by atoms with van der Waals surface area (Å²) in [6, 6.07) is 7.05. The van der Waals surface area contributed by atoms with Crippen molar-refractivity contribution in [1.82, 2.24) is 0 Å². The molecule has 1 fully saturated rings. The first-order valence-electron chi connectivity index (χ1n) is 6.66. The minimum absolute atomic E-state index is 0.264. The highest BCUT2D eigenvalue weighted by molar-refractivity contribution is 6.32. The molecule has 1 aliphatic rings. The van der Waals surface area contributed by atoms with E-state index in [0.29, 0.717) is 17.0 Å². The second-order valence-electron chi connectivity index (χ2n) is 4.68. The molecule has 5 heteroatoms. The minimum Gasteiger partial charge on any atom is -0.466 e. The molecule has 1 aliphatic carbocycles. The van der Waals surface area contributed by atoms with Crippen LogP contribution in [0.25, 0.3) is 0 Å². The molecule has 0 spiro atoms. The van der Waals surface area contributed by atoms with E-state index in [4.69, 9.17) is 21.1 Å². The van der Waals surface area contributed by atoms with Crippen molar-refractivity contribution in [1.29, 1.82) is 0 Å². The number of esters is 2. The highest BCUT2D eigenvalue weighted by atomic mass is 35.5. The van der Waals surface area contributed by atoms with Crippen LogP contribution in [0.1, 0.15) is 25.8 Å². The zero-order chi connectivity index (χ0) is 14.8. The van der Waals surface area contributed by atoms with Crippen LogP contribution in [0.2, 0.25) is 5.02 Å². The molecule has 1 saturated carbocycles. The van der Waals surface area contributed by atoms with Crippen molar-refractivity contribution < 1.29 is 19.1 Å². The van der Waals surface area contributed by atoms with Crippen LogP contribution in [0.3, 0.4) is 0 Å². The Kier molecular flexibility index (Phi) is 4.33. The molecule has 0 N–H and O–H groups in total. The van der Waals surface area contributed by atoms with E-state index < -0.39 is 17.3 Å². The monoisotopic (exact) mass is 296 g/mol. The van der Waals surface area contributed by atoms with Gasteiger partial charge in [-0.3, -0.25) is 9.59 Å². The first-order valence-corrected chi connectivity index (χ1v) is 7.04. The SMILES string of the molecule is CCOC(=O)C1CC1(C(=O)OCC)c1ccccc1Cl. The molecular formula is C15H17ClO4. The van der Waals surface area contributed by atoms with Gasteiger partial charge in [0, 0.05) is 5.02 Å². The third kappa shape index (κ3) is 2.40.